The number of nitrogen functional groups attached to an aromatic ring is 1. The Morgan fingerprint density at radius 1 is 1.08 bits per heavy atom. The number of carbonyl (C=O) groups is 2. The van der Waals surface area contributed by atoms with E-state index in [-0.39, 0.29) is 18.4 Å². The van der Waals surface area contributed by atoms with Crippen molar-refractivity contribution in [1.29, 1.82) is 0 Å². The predicted molar refractivity (Wildman–Crippen MR) is 98.5 cm³/mol. The Morgan fingerprint density at radius 2 is 1.80 bits per heavy atom. The van der Waals surface area contributed by atoms with Crippen LogP contribution in [-0.4, -0.2) is 25.5 Å². The summed E-state index contributed by atoms with van der Waals surface area (Å²) in [6, 6.07) is 13.0. The molecule has 0 aliphatic rings. The molecular weight excluding hydrogens is 318 g/mol. The molecule has 2 amide bonds. The fourth-order valence-corrected chi connectivity index (χ4v) is 2.24. The summed E-state index contributed by atoms with van der Waals surface area (Å²) >= 11 is 0. The molecule has 0 fully saturated rings. The zero-order valence-corrected chi connectivity index (χ0v) is 14.5. The van der Waals surface area contributed by atoms with Crippen LogP contribution in [0.3, 0.4) is 0 Å². The van der Waals surface area contributed by atoms with Crippen molar-refractivity contribution in [2.45, 2.75) is 19.8 Å². The molecule has 0 atom stereocenters. The van der Waals surface area contributed by atoms with Crippen molar-refractivity contribution in [3.05, 3.63) is 53.6 Å². The molecule has 25 heavy (non-hydrogen) atoms. The number of rotatable bonds is 7. The highest BCUT2D eigenvalue weighted by atomic mass is 16.5. The van der Waals surface area contributed by atoms with Crippen LogP contribution in [0.4, 0.5) is 11.4 Å². The first-order valence-corrected chi connectivity index (χ1v) is 8.03. The van der Waals surface area contributed by atoms with Gasteiger partial charge in [0.2, 0.25) is 11.8 Å². The lowest BCUT2D eigenvalue weighted by Crippen LogP contribution is -2.33. The van der Waals surface area contributed by atoms with Crippen molar-refractivity contribution in [3.63, 3.8) is 0 Å². The summed E-state index contributed by atoms with van der Waals surface area (Å²) in [5.74, 6) is 0.0737. The Hall–Kier alpha value is -3.02. The fraction of sp³-hybridized carbons (Fsp3) is 0.263. The Bertz CT molecular complexity index is 742. The van der Waals surface area contributed by atoms with Gasteiger partial charge in [-0.25, -0.2) is 0 Å². The molecule has 0 radical (unpaired) electrons. The maximum atomic E-state index is 12.0. The minimum atomic E-state index is -0.344. The highest BCUT2D eigenvalue weighted by Gasteiger charge is 2.09. The molecule has 2 aromatic carbocycles. The summed E-state index contributed by atoms with van der Waals surface area (Å²) in [5.41, 5.74) is 8.97. The molecule has 6 heteroatoms. The second-order valence-electron chi connectivity index (χ2n) is 5.76. The van der Waals surface area contributed by atoms with Crippen LogP contribution < -0.4 is 21.1 Å². The first-order chi connectivity index (χ1) is 12.0. The molecule has 0 saturated heterocycles. The van der Waals surface area contributed by atoms with E-state index in [0.717, 1.165) is 5.56 Å². The van der Waals surface area contributed by atoms with Gasteiger partial charge in [-0.3, -0.25) is 9.59 Å². The van der Waals surface area contributed by atoms with Crippen LogP contribution in [0.15, 0.2) is 42.5 Å². The summed E-state index contributed by atoms with van der Waals surface area (Å²) in [5, 5.41) is 5.27. The molecule has 0 saturated carbocycles. The minimum absolute atomic E-state index is 0.108. The zero-order chi connectivity index (χ0) is 18.2. The smallest absolute Gasteiger partial charge is 0.243 e. The third-order valence-corrected chi connectivity index (χ3v) is 3.74. The molecule has 132 valence electrons. The van der Waals surface area contributed by atoms with Gasteiger partial charge in [-0.15, -0.1) is 0 Å². The second kappa shape index (κ2) is 8.73. The molecule has 6 nitrogen and oxygen atoms in total. The van der Waals surface area contributed by atoms with Crippen molar-refractivity contribution in [2.75, 3.05) is 24.7 Å². The number of hydrogen-bond donors (Lipinski definition) is 3. The Morgan fingerprint density at radius 3 is 2.48 bits per heavy atom. The van der Waals surface area contributed by atoms with Crippen LogP contribution in [0.1, 0.15) is 17.5 Å². The normalized spacial score (nSPS) is 10.2. The summed E-state index contributed by atoms with van der Waals surface area (Å²) in [4.78, 5) is 23.8. The van der Waals surface area contributed by atoms with E-state index >= 15 is 0 Å². The van der Waals surface area contributed by atoms with E-state index in [9.17, 15) is 9.59 Å². The van der Waals surface area contributed by atoms with Crippen LogP contribution in [0, 0.1) is 6.92 Å². The quantitative estimate of drug-likeness (QED) is 0.674. The number of nitrogens with one attached hydrogen (secondary N) is 2. The molecule has 2 aromatic rings. The first-order valence-electron chi connectivity index (χ1n) is 8.03. The molecule has 0 aromatic heterocycles. The Balaban J connectivity index is 1.77. The number of carbonyl (C=O) groups excluding carboxylic acids is 2. The number of ether oxygens (including phenoxy) is 1. The molecular formula is C19H23N3O3. The van der Waals surface area contributed by atoms with E-state index in [4.69, 9.17) is 10.5 Å². The van der Waals surface area contributed by atoms with Gasteiger partial charge in [0.15, 0.2) is 0 Å². The fourth-order valence-electron chi connectivity index (χ4n) is 2.24. The molecule has 0 spiro atoms. The van der Waals surface area contributed by atoms with E-state index in [1.807, 2.05) is 31.2 Å². The number of hydrogen-bond acceptors (Lipinski definition) is 4. The maximum absolute atomic E-state index is 12.0. The van der Waals surface area contributed by atoms with E-state index in [2.05, 4.69) is 10.6 Å². The van der Waals surface area contributed by atoms with Gasteiger partial charge in [0.05, 0.1) is 25.0 Å². The average Bonchev–Trinajstić information content (AvgIpc) is 2.61. The van der Waals surface area contributed by atoms with Crippen LogP contribution in [-0.2, 0) is 16.0 Å². The SMILES string of the molecule is COc1ccc(N)c(NC(=O)CNC(=O)CCc2ccc(C)cc2)c1. The van der Waals surface area contributed by atoms with E-state index in [0.29, 0.717) is 30.0 Å². The summed E-state index contributed by atoms with van der Waals surface area (Å²) in [6.45, 7) is 1.91. The number of anilines is 2. The second-order valence-corrected chi connectivity index (χ2v) is 5.76. The highest BCUT2D eigenvalue weighted by molar-refractivity contribution is 5.97. The average molecular weight is 341 g/mol. The van der Waals surface area contributed by atoms with Crippen molar-refractivity contribution < 1.29 is 14.3 Å². The maximum Gasteiger partial charge on any atom is 0.243 e. The third kappa shape index (κ3) is 5.84. The highest BCUT2D eigenvalue weighted by Crippen LogP contribution is 2.24. The first kappa shape index (κ1) is 18.3. The minimum Gasteiger partial charge on any atom is -0.497 e. The predicted octanol–water partition coefficient (Wildman–Crippen LogP) is 2.27. The Kier molecular flexibility index (Phi) is 6.39. The van der Waals surface area contributed by atoms with E-state index in [1.54, 1.807) is 18.2 Å². The van der Waals surface area contributed by atoms with Gasteiger partial charge in [0.1, 0.15) is 5.75 Å². The molecule has 2 rings (SSSR count). The van der Waals surface area contributed by atoms with Crippen LogP contribution in [0.25, 0.3) is 0 Å². The van der Waals surface area contributed by atoms with Gasteiger partial charge < -0.3 is 21.1 Å². The van der Waals surface area contributed by atoms with Gasteiger partial charge in [-0.05, 0) is 31.0 Å². The number of methoxy groups -OCH3 is 1. The monoisotopic (exact) mass is 341 g/mol. The summed E-state index contributed by atoms with van der Waals surface area (Å²) in [7, 11) is 1.53. The molecule has 0 aliphatic carbocycles. The van der Waals surface area contributed by atoms with Gasteiger partial charge in [-0.2, -0.15) is 0 Å². The lowest BCUT2D eigenvalue weighted by atomic mass is 10.1. The third-order valence-electron chi connectivity index (χ3n) is 3.74. The van der Waals surface area contributed by atoms with Gasteiger partial charge >= 0.3 is 0 Å². The number of aryl methyl sites for hydroxylation is 2. The lowest BCUT2D eigenvalue weighted by Gasteiger charge is -2.10. The molecule has 0 aliphatic heterocycles. The largest absolute Gasteiger partial charge is 0.497 e. The van der Waals surface area contributed by atoms with Crippen LogP contribution in [0.2, 0.25) is 0 Å². The molecule has 0 heterocycles. The number of nitrogens with two attached hydrogens (primary N) is 1. The molecule has 0 bridgehead atoms. The molecule has 0 unspecified atom stereocenters. The summed E-state index contributed by atoms with van der Waals surface area (Å²) in [6.07, 6.45) is 0.966. The van der Waals surface area contributed by atoms with Crippen molar-refractivity contribution >= 4 is 23.2 Å². The van der Waals surface area contributed by atoms with Gasteiger partial charge in [0.25, 0.3) is 0 Å². The van der Waals surface area contributed by atoms with Crippen molar-refractivity contribution in [1.82, 2.24) is 5.32 Å². The van der Waals surface area contributed by atoms with Gasteiger partial charge in [0, 0.05) is 12.5 Å². The van der Waals surface area contributed by atoms with Crippen molar-refractivity contribution in [3.8, 4) is 5.75 Å². The summed E-state index contributed by atoms with van der Waals surface area (Å²) < 4.78 is 5.09. The lowest BCUT2D eigenvalue weighted by molar-refractivity contribution is -0.124. The Labute approximate surface area is 147 Å². The molecule has 4 N–H and O–H groups in total. The van der Waals surface area contributed by atoms with Crippen molar-refractivity contribution in [2.24, 2.45) is 0 Å². The topological polar surface area (TPSA) is 93.4 Å². The van der Waals surface area contributed by atoms with Crippen LogP contribution in [0.5, 0.6) is 5.75 Å². The number of amides is 2. The van der Waals surface area contributed by atoms with E-state index in [1.165, 1.54) is 12.7 Å². The van der Waals surface area contributed by atoms with Gasteiger partial charge in [-0.1, -0.05) is 29.8 Å². The van der Waals surface area contributed by atoms with Crippen LogP contribution >= 0.6 is 0 Å². The van der Waals surface area contributed by atoms with E-state index < -0.39 is 0 Å². The zero-order valence-electron chi connectivity index (χ0n) is 14.5. The number of benzene rings is 2. The standard InChI is InChI=1S/C19H23N3O3/c1-13-3-5-14(6-4-13)7-10-18(23)21-12-19(24)22-17-11-15(25-2)8-9-16(17)20/h3-6,8-9,11H,7,10,12,20H2,1-2H3,(H,21,23)(H,22,24).